The average molecular weight is 256 g/mol. The fourth-order valence-corrected chi connectivity index (χ4v) is 2.96. The average Bonchev–Trinajstić information content (AvgIpc) is 3.08. The van der Waals surface area contributed by atoms with Crippen molar-refractivity contribution >= 4 is 0 Å². The molecule has 2 nitrogen and oxygen atoms in total. The van der Waals surface area contributed by atoms with E-state index in [9.17, 15) is 0 Å². The monoisotopic (exact) mass is 256 g/mol. The van der Waals surface area contributed by atoms with Crippen molar-refractivity contribution in [1.82, 2.24) is 4.90 Å². The summed E-state index contributed by atoms with van der Waals surface area (Å²) >= 11 is 0. The Bertz CT molecular complexity index is 483. The van der Waals surface area contributed by atoms with Crippen LogP contribution >= 0.6 is 0 Å². The number of rotatable bonds is 5. The van der Waals surface area contributed by atoms with Crippen LogP contribution in [0.5, 0.6) is 0 Å². The molecule has 1 aliphatic carbocycles. The Kier molecular flexibility index (Phi) is 3.96. The Balaban J connectivity index is 1.94. The second kappa shape index (κ2) is 5.35. The molecule has 0 radical (unpaired) electrons. The molecule has 0 bridgehead atoms. The Morgan fingerprint density at radius 2 is 1.79 bits per heavy atom. The van der Waals surface area contributed by atoms with Crippen molar-refractivity contribution in [3.63, 3.8) is 0 Å². The van der Waals surface area contributed by atoms with Crippen LogP contribution in [0.1, 0.15) is 35.1 Å². The van der Waals surface area contributed by atoms with Crippen LogP contribution in [0.3, 0.4) is 0 Å². The van der Waals surface area contributed by atoms with Gasteiger partial charge in [-0.15, -0.1) is 0 Å². The highest BCUT2D eigenvalue weighted by Gasteiger charge is 2.43. The first-order valence-electron chi connectivity index (χ1n) is 7.12. The molecule has 0 unspecified atom stereocenters. The van der Waals surface area contributed by atoms with E-state index in [2.05, 4.69) is 50.9 Å². The van der Waals surface area contributed by atoms with Crippen LogP contribution in [0.4, 0.5) is 0 Å². The lowest BCUT2D eigenvalue weighted by molar-refractivity contribution is 0.297. The molecular formula is C17H24N2. The van der Waals surface area contributed by atoms with Crippen molar-refractivity contribution in [3.05, 3.63) is 34.4 Å². The van der Waals surface area contributed by atoms with Gasteiger partial charge in [0.15, 0.2) is 0 Å². The maximum Gasteiger partial charge on any atom is 0.0703 e. The SMILES string of the molecule is Cc1cc(C)c(CCN(C)CC2(C#N)CC2)c(C)c1. The lowest BCUT2D eigenvalue weighted by atomic mass is 9.97. The van der Waals surface area contributed by atoms with Crippen molar-refractivity contribution < 1.29 is 0 Å². The molecule has 0 aliphatic heterocycles. The first kappa shape index (κ1) is 14.1. The van der Waals surface area contributed by atoms with E-state index in [-0.39, 0.29) is 5.41 Å². The Hall–Kier alpha value is -1.33. The van der Waals surface area contributed by atoms with Gasteiger partial charge in [0, 0.05) is 13.1 Å². The van der Waals surface area contributed by atoms with E-state index in [1.54, 1.807) is 0 Å². The Labute approximate surface area is 117 Å². The van der Waals surface area contributed by atoms with Crippen LogP contribution in [-0.2, 0) is 6.42 Å². The van der Waals surface area contributed by atoms with Crippen LogP contribution in [-0.4, -0.2) is 25.0 Å². The summed E-state index contributed by atoms with van der Waals surface area (Å²) in [6, 6.07) is 7.00. The third-order valence-corrected chi connectivity index (χ3v) is 4.25. The normalized spacial score (nSPS) is 16.4. The van der Waals surface area contributed by atoms with Crippen LogP contribution in [0, 0.1) is 37.5 Å². The molecule has 1 aromatic rings. The molecule has 1 fully saturated rings. The summed E-state index contributed by atoms with van der Waals surface area (Å²) in [5.41, 5.74) is 5.58. The van der Waals surface area contributed by atoms with E-state index in [1.807, 2.05) is 0 Å². The molecule has 0 atom stereocenters. The van der Waals surface area contributed by atoms with Gasteiger partial charge in [-0.05, 0) is 63.8 Å². The molecule has 0 saturated heterocycles. The number of hydrogen-bond donors (Lipinski definition) is 0. The minimum absolute atomic E-state index is 0.0217. The lowest BCUT2D eigenvalue weighted by Gasteiger charge is -2.20. The van der Waals surface area contributed by atoms with Crippen LogP contribution in [0.15, 0.2) is 12.1 Å². The van der Waals surface area contributed by atoms with Gasteiger partial charge in [0.2, 0.25) is 0 Å². The summed E-state index contributed by atoms with van der Waals surface area (Å²) in [5.74, 6) is 0. The zero-order chi connectivity index (χ0) is 14.0. The standard InChI is InChI=1S/C17H24N2/c1-13-9-14(2)16(15(3)10-13)5-8-19(4)12-17(11-18)6-7-17/h9-10H,5-8,12H2,1-4H3. The number of nitriles is 1. The van der Waals surface area contributed by atoms with E-state index in [1.165, 1.54) is 22.3 Å². The molecule has 2 rings (SSSR count). The maximum absolute atomic E-state index is 9.13. The third kappa shape index (κ3) is 3.36. The van der Waals surface area contributed by atoms with Crippen molar-refractivity contribution in [2.45, 2.75) is 40.0 Å². The molecule has 1 aliphatic rings. The predicted octanol–water partition coefficient (Wildman–Crippen LogP) is 3.39. The minimum atomic E-state index is -0.0217. The largest absolute Gasteiger partial charge is 0.304 e. The fraction of sp³-hybridized carbons (Fsp3) is 0.588. The van der Waals surface area contributed by atoms with Crippen molar-refractivity contribution in [2.75, 3.05) is 20.1 Å². The van der Waals surface area contributed by atoms with Crippen molar-refractivity contribution in [1.29, 1.82) is 5.26 Å². The minimum Gasteiger partial charge on any atom is -0.304 e. The molecule has 102 valence electrons. The number of benzene rings is 1. The highest BCUT2D eigenvalue weighted by Crippen LogP contribution is 2.45. The van der Waals surface area contributed by atoms with Gasteiger partial charge >= 0.3 is 0 Å². The van der Waals surface area contributed by atoms with E-state index in [0.29, 0.717) is 0 Å². The zero-order valence-corrected chi connectivity index (χ0v) is 12.6. The van der Waals surface area contributed by atoms with Crippen LogP contribution in [0.25, 0.3) is 0 Å². The quantitative estimate of drug-likeness (QED) is 0.807. The molecule has 0 aromatic heterocycles. The molecule has 0 N–H and O–H groups in total. The Morgan fingerprint density at radius 3 is 2.26 bits per heavy atom. The van der Waals surface area contributed by atoms with E-state index in [0.717, 1.165) is 32.4 Å². The molecule has 19 heavy (non-hydrogen) atoms. The number of likely N-dealkylation sites (N-methyl/N-ethyl adjacent to an activating group) is 1. The summed E-state index contributed by atoms with van der Waals surface area (Å²) in [5, 5.41) is 9.13. The summed E-state index contributed by atoms with van der Waals surface area (Å²) in [4.78, 5) is 2.31. The smallest absolute Gasteiger partial charge is 0.0703 e. The van der Waals surface area contributed by atoms with Gasteiger partial charge in [0.25, 0.3) is 0 Å². The summed E-state index contributed by atoms with van der Waals surface area (Å²) < 4.78 is 0. The van der Waals surface area contributed by atoms with Gasteiger partial charge in [0.05, 0.1) is 11.5 Å². The zero-order valence-electron chi connectivity index (χ0n) is 12.6. The second-order valence-electron chi connectivity index (χ2n) is 6.26. The van der Waals surface area contributed by atoms with Crippen molar-refractivity contribution in [2.24, 2.45) is 5.41 Å². The first-order valence-corrected chi connectivity index (χ1v) is 7.12. The van der Waals surface area contributed by atoms with Gasteiger partial charge in [-0.2, -0.15) is 5.26 Å². The van der Waals surface area contributed by atoms with Gasteiger partial charge < -0.3 is 4.90 Å². The number of aryl methyl sites for hydroxylation is 3. The molecule has 1 saturated carbocycles. The first-order chi connectivity index (χ1) is 8.96. The second-order valence-corrected chi connectivity index (χ2v) is 6.26. The highest BCUT2D eigenvalue weighted by molar-refractivity contribution is 5.37. The van der Waals surface area contributed by atoms with Gasteiger partial charge in [-0.3, -0.25) is 0 Å². The molecule has 1 aromatic carbocycles. The van der Waals surface area contributed by atoms with Crippen molar-refractivity contribution in [3.8, 4) is 6.07 Å². The molecule has 0 spiro atoms. The van der Waals surface area contributed by atoms with Gasteiger partial charge in [-0.1, -0.05) is 17.7 Å². The Morgan fingerprint density at radius 1 is 1.21 bits per heavy atom. The molecule has 0 amide bonds. The van der Waals surface area contributed by atoms with Crippen LogP contribution < -0.4 is 0 Å². The summed E-state index contributed by atoms with van der Waals surface area (Å²) in [7, 11) is 2.14. The fourth-order valence-electron chi connectivity index (χ4n) is 2.96. The summed E-state index contributed by atoms with van der Waals surface area (Å²) in [6.07, 6.45) is 3.24. The van der Waals surface area contributed by atoms with E-state index in [4.69, 9.17) is 5.26 Å². The molecular weight excluding hydrogens is 232 g/mol. The third-order valence-electron chi connectivity index (χ3n) is 4.25. The molecule has 0 heterocycles. The van der Waals surface area contributed by atoms with E-state index < -0.39 is 0 Å². The number of nitrogens with zero attached hydrogens (tertiary/aromatic N) is 2. The predicted molar refractivity (Wildman–Crippen MR) is 79.1 cm³/mol. The molecule has 2 heteroatoms. The van der Waals surface area contributed by atoms with Gasteiger partial charge in [0.1, 0.15) is 0 Å². The van der Waals surface area contributed by atoms with Gasteiger partial charge in [-0.25, -0.2) is 0 Å². The number of hydrogen-bond acceptors (Lipinski definition) is 2. The highest BCUT2D eigenvalue weighted by atomic mass is 15.1. The lowest BCUT2D eigenvalue weighted by Crippen LogP contribution is -2.28. The van der Waals surface area contributed by atoms with Crippen LogP contribution in [0.2, 0.25) is 0 Å². The topological polar surface area (TPSA) is 27.0 Å². The maximum atomic E-state index is 9.13. The summed E-state index contributed by atoms with van der Waals surface area (Å²) in [6.45, 7) is 8.52. The van der Waals surface area contributed by atoms with E-state index >= 15 is 0 Å².